The van der Waals surface area contributed by atoms with Crippen LogP contribution in [0, 0.1) is 0 Å². The zero-order chi connectivity index (χ0) is 11.4. The molecular weight excluding hydrogens is 198 g/mol. The van der Waals surface area contributed by atoms with Crippen LogP contribution in [0.2, 0.25) is 0 Å². The van der Waals surface area contributed by atoms with Crippen molar-refractivity contribution < 1.29 is 5.11 Å². The molecule has 1 aliphatic heterocycles. The highest BCUT2D eigenvalue weighted by Gasteiger charge is 2.21. The number of aryl methyl sites for hydroxylation is 1. The highest BCUT2D eigenvalue weighted by atomic mass is 16.2. The molecule has 1 saturated heterocycles. The van der Waals surface area contributed by atoms with Crippen molar-refractivity contribution in [3.63, 3.8) is 0 Å². The zero-order valence-corrected chi connectivity index (χ0v) is 10.0. The van der Waals surface area contributed by atoms with Crippen LogP contribution in [0.5, 0.6) is 0 Å². The number of rotatable bonds is 4. The topological polar surface area (TPSA) is 23.5 Å². The molecule has 2 heteroatoms. The summed E-state index contributed by atoms with van der Waals surface area (Å²) in [5.41, 5.74) is 2.76. The summed E-state index contributed by atoms with van der Waals surface area (Å²) in [6.07, 6.45) is 4.44. The van der Waals surface area contributed by atoms with Crippen molar-refractivity contribution in [3.05, 3.63) is 29.8 Å². The van der Waals surface area contributed by atoms with E-state index < -0.39 is 0 Å². The Kier molecular flexibility index (Phi) is 3.83. The van der Waals surface area contributed by atoms with Crippen LogP contribution in [-0.2, 0) is 6.42 Å². The van der Waals surface area contributed by atoms with Gasteiger partial charge in [-0.15, -0.1) is 0 Å². The van der Waals surface area contributed by atoms with Crippen molar-refractivity contribution in [2.24, 2.45) is 0 Å². The summed E-state index contributed by atoms with van der Waals surface area (Å²) in [5.74, 6) is 0. The quantitative estimate of drug-likeness (QED) is 0.841. The van der Waals surface area contributed by atoms with Gasteiger partial charge in [-0.05, 0) is 44.2 Å². The van der Waals surface area contributed by atoms with Gasteiger partial charge in [-0.3, -0.25) is 0 Å². The Bertz CT molecular complexity index is 337. The van der Waals surface area contributed by atoms with Gasteiger partial charge in [-0.25, -0.2) is 0 Å². The van der Waals surface area contributed by atoms with Crippen molar-refractivity contribution in [2.45, 2.75) is 38.6 Å². The minimum absolute atomic E-state index is 0.282. The molecule has 16 heavy (non-hydrogen) atoms. The van der Waals surface area contributed by atoms with Crippen LogP contribution in [0.1, 0.15) is 31.7 Å². The summed E-state index contributed by atoms with van der Waals surface area (Å²) >= 11 is 0. The smallest absolute Gasteiger partial charge is 0.0434 e. The number of hydrogen-bond acceptors (Lipinski definition) is 2. The van der Waals surface area contributed by atoms with E-state index in [9.17, 15) is 0 Å². The summed E-state index contributed by atoms with van der Waals surface area (Å²) in [7, 11) is 0. The SMILES string of the molecule is CC1CCCN1c1ccccc1CCCO. The molecule has 0 aromatic heterocycles. The fourth-order valence-corrected chi connectivity index (χ4v) is 2.56. The monoisotopic (exact) mass is 219 g/mol. The lowest BCUT2D eigenvalue weighted by Gasteiger charge is -2.26. The largest absolute Gasteiger partial charge is 0.396 e. The molecule has 88 valence electrons. The van der Waals surface area contributed by atoms with Gasteiger partial charge in [-0.1, -0.05) is 18.2 Å². The fraction of sp³-hybridized carbons (Fsp3) is 0.571. The van der Waals surface area contributed by atoms with E-state index in [1.807, 2.05) is 0 Å². The zero-order valence-electron chi connectivity index (χ0n) is 10.0. The van der Waals surface area contributed by atoms with Crippen molar-refractivity contribution in [3.8, 4) is 0 Å². The van der Waals surface area contributed by atoms with Crippen LogP contribution in [0.3, 0.4) is 0 Å². The molecule has 1 N–H and O–H groups in total. The third-order valence-corrected chi connectivity index (χ3v) is 3.46. The van der Waals surface area contributed by atoms with Crippen LogP contribution >= 0.6 is 0 Å². The lowest BCUT2D eigenvalue weighted by atomic mass is 10.1. The average molecular weight is 219 g/mol. The Balaban J connectivity index is 2.18. The third-order valence-electron chi connectivity index (χ3n) is 3.46. The Morgan fingerprint density at radius 2 is 2.19 bits per heavy atom. The Labute approximate surface area is 97.9 Å². The highest BCUT2D eigenvalue weighted by molar-refractivity contribution is 5.55. The van der Waals surface area contributed by atoms with Crippen LogP contribution in [0.4, 0.5) is 5.69 Å². The maximum Gasteiger partial charge on any atom is 0.0434 e. The molecule has 1 aliphatic rings. The van der Waals surface area contributed by atoms with Gasteiger partial charge in [0.05, 0.1) is 0 Å². The van der Waals surface area contributed by atoms with Gasteiger partial charge < -0.3 is 10.0 Å². The van der Waals surface area contributed by atoms with Crippen molar-refractivity contribution in [1.29, 1.82) is 0 Å². The Morgan fingerprint density at radius 3 is 2.88 bits per heavy atom. The van der Waals surface area contributed by atoms with E-state index in [-0.39, 0.29) is 6.61 Å². The van der Waals surface area contributed by atoms with Gasteiger partial charge in [0, 0.05) is 24.9 Å². The molecule has 0 spiro atoms. The number of para-hydroxylation sites is 1. The van der Waals surface area contributed by atoms with Gasteiger partial charge >= 0.3 is 0 Å². The minimum atomic E-state index is 0.282. The van der Waals surface area contributed by atoms with Crippen LogP contribution in [0.15, 0.2) is 24.3 Å². The molecule has 0 bridgehead atoms. The number of anilines is 1. The summed E-state index contributed by atoms with van der Waals surface area (Å²) in [6.45, 7) is 3.76. The van der Waals surface area contributed by atoms with Gasteiger partial charge in [0.15, 0.2) is 0 Å². The maximum atomic E-state index is 8.92. The number of aliphatic hydroxyl groups is 1. The average Bonchev–Trinajstić information content (AvgIpc) is 2.73. The molecule has 1 heterocycles. The second-order valence-electron chi connectivity index (χ2n) is 4.64. The molecule has 0 saturated carbocycles. The van der Waals surface area contributed by atoms with E-state index in [2.05, 4.69) is 36.1 Å². The molecule has 0 radical (unpaired) electrons. The first-order chi connectivity index (χ1) is 7.83. The van der Waals surface area contributed by atoms with Gasteiger partial charge in [0.1, 0.15) is 0 Å². The molecule has 1 aromatic rings. The molecule has 0 aliphatic carbocycles. The molecule has 2 nitrogen and oxygen atoms in total. The molecule has 1 atom stereocenters. The first-order valence-corrected chi connectivity index (χ1v) is 6.28. The summed E-state index contributed by atoms with van der Waals surface area (Å²) in [5, 5.41) is 8.92. The minimum Gasteiger partial charge on any atom is -0.396 e. The number of aliphatic hydroxyl groups excluding tert-OH is 1. The number of nitrogens with zero attached hydrogens (tertiary/aromatic N) is 1. The maximum absolute atomic E-state index is 8.92. The second-order valence-corrected chi connectivity index (χ2v) is 4.64. The second kappa shape index (κ2) is 5.35. The van der Waals surface area contributed by atoms with Gasteiger partial charge in [0.25, 0.3) is 0 Å². The number of benzene rings is 1. The normalized spacial score (nSPS) is 20.4. The van der Waals surface area contributed by atoms with E-state index in [1.165, 1.54) is 30.6 Å². The van der Waals surface area contributed by atoms with Crippen LogP contribution in [-0.4, -0.2) is 24.3 Å². The molecular formula is C14H21NO. The van der Waals surface area contributed by atoms with Gasteiger partial charge in [-0.2, -0.15) is 0 Å². The fourth-order valence-electron chi connectivity index (χ4n) is 2.56. The van der Waals surface area contributed by atoms with Gasteiger partial charge in [0.2, 0.25) is 0 Å². The Hall–Kier alpha value is -1.02. The van der Waals surface area contributed by atoms with Crippen LogP contribution in [0.25, 0.3) is 0 Å². The lowest BCUT2D eigenvalue weighted by Crippen LogP contribution is -2.27. The standard InChI is InChI=1S/C14H21NO/c1-12-6-4-10-15(12)14-9-3-2-7-13(14)8-5-11-16/h2-3,7,9,12,16H,4-6,8,10-11H2,1H3. The first kappa shape index (κ1) is 11.5. The third kappa shape index (κ3) is 2.38. The highest BCUT2D eigenvalue weighted by Crippen LogP contribution is 2.28. The van der Waals surface area contributed by atoms with Crippen molar-refractivity contribution in [1.82, 2.24) is 0 Å². The predicted octanol–water partition coefficient (Wildman–Crippen LogP) is 2.60. The summed E-state index contributed by atoms with van der Waals surface area (Å²) in [4.78, 5) is 2.51. The molecule has 0 amide bonds. The van der Waals surface area contributed by atoms with Crippen molar-refractivity contribution >= 4 is 5.69 Å². The van der Waals surface area contributed by atoms with Crippen LogP contribution < -0.4 is 4.90 Å². The summed E-state index contributed by atoms with van der Waals surface area (Å²) < 4.78 is 0. The van der Waals surface area contributed by atoms with E-state index in [1.54, 1.807) is 0 Å². The first-order valence-electron chi connectivity index (χ1n) is 6.28. The van der Waals surface area contributed by atoms with E-state index >= 15 is 0 Å². The Morgan fingerprint density at radius 1 is 1.38 bits per heavy atom. The molecule has 1 aromatic carbocycles. The molecule has 1 unspecified atom stereocenters. The molecule has 2 rings (SSSR count). The lowest BCUT2D eigenvalue weighted by molar-refractivity contribution is 0.288. The summed E-state index contributed by atoms with van der Waals surface area (Å²) in [6, 6.07) is 9.28. The van der Waals surface area contributed by atoms with E-state index in [0.29, 0.717) is 6.04 Å². The van der Waals surface area contributed by atoms with Crippen molar-refractivity contribution in [2.75, 3.05) is 18.1 Å². The number of hydrogen-bond donors (Lipinski definition) is 1. The van der Waals surface area contributed by atoms with E-state index in [4.69, 9.17) is 5.11 Å². The van der Waals surface area contributed by atoms with E-state index in [0.717, 1.165) is 12.8 Å². The predicted molar refractivity (Wildman–Crippen MR) is 67.9 cm³/mol. The molecule has 1 fully saturated rings.